The summed E-state index contributed by atoms with van der Waals surface area (Å²) < 4.78 is 7.73. The van der Waals surface area contributed by atoms with Crippen LogP contribution < -0.4 is 10.5 Å². The zero-order valence-electron chi connectivity index (χ0n) is 15.4. The number of hydrogen-bond acceptors (Lipinski definition) is 6. The van der Waals surface area contributed by atoms with Gasteiger partial charge in [0.15, 0.2) is 11.6 Å². The first kappa shape index (κ1) is 17.4. The molecule has 0 unspecified atom stereocenters. The number of fused-ring (bicyclic) bond motifs is 1. The van der Waals surface area contributed by atoms with Crippen LogP contribution in [0.3, 0.4) is 0 Å². The molecule has 7 heteroatoms. The van der Waals surface area contributed by atoms with Crippen LogP contribution in [0.5, 0.6) is 5.75 Å². The van der Waals surface area contributed by atoms with Crippen LogP contribution >= 0.6 is 11.3 Å². The maximum atomic E-state index is 6.19. The number of hydrogen-bond donors (Lipinski definition) is 1. The summed E-state index contributed by atoms with van der Waals surface area (Å²) in [5, 5.41) is 6.39. The van der Waals surface area contributed by atoms with Gasteiger partial charge in [-0.2, -0.15) is 5.10 Å². The van der Waals surface area contributed by atoms with Crippen molar-refractivity contribution < 1.29 is 4.74 Å². The third kappa shape index (κ3) is 3.32. The molecule has 2 N–H and O–H groups in total. The Morgan fingerprint density at radius 3 is 2.72 bits per heavy atom. The van der Waals surface area contributed by atoms with Crippen molar-refractivity contribution in [3.05, 3.63) is 84.0 Å². The van der Waals surface area contributed by atoms with Gasteiger partial charge in [0, 0.05) is 5.56 Å². The zero-order valence-corrected chi connectivity index (χ0v) is 16.2. The summed E-state index contributed by atoms with van der Waals surface area (Å²) in [6, 6.07) is 21.9. The van der Waals surface area contributed by atoms with Crippen molar-refractivity contribution >= 4 is 22.7 Å². The molecule has 0 saturated carbocycles. The van der Waals surface area contributed by atoms with E-state index in [-0.39, 0.29) is 0 Å². The molecule has 0 saturated heterocycles. The highest BCUT2D eigenvalue weighted by molar-refractivity contribution is 7.13. The van der Waals surface area contributed by atoms with Gasteiger partial charge >= 0.3 is 0 Å². The number of nitrogens with zero attached hydrogens (tertiary/aromatic N) is 4. The van der Waals surface area contributed by atoms with Gasteiger partial charge in [0.2, 0.25) is 0 Å². The summed E-state index contributed by atoms with van der Waals surface area (Å²) >= 11 is 1.60. The van der Waals surface area contributed by atoms with E-state index in [1.165, 1.54) is 6.33 Å². The Morgan fingerprint density at radius 1 is 1.00 bits per heavy atom. The van der Waals surface area contributed by atoms with Gasteiger partial charge in [0.05, 0.1) is 4.88 Å². The molecule has 5 aromatic rings. The fourth-order valence-corrected chi connectivity index (χ4v) is 3.89. The topological polar surface area (TPSA) is 78.3 Å². The Hall–Kier alpha value is -3.71. The van der Waals surface area contributed by atoms with Gasteiger partial charge in [-0.25, -0.2) is 14.5 Å². The number of aromatic nitrogens is 4. The van der Waals surface area contributed by atoms with Gasteiger partial charge in [-0.3, -0.25) is 0 Å². The minimum Gasteiger partial charge on any atom is -0.489 e. The maximum Gasteiger partial charge on any atom is 0.172 e. The minimum absolute atomic E-state index is 0.390. The molecule has 6 nitrogen and oxygen atoms in total. The van der Waals surface area contributed by atoms with Crippen molar-refractivity contribution in [2.75, 3.05) is 5.73 Å². The highest BCUT2D eigenvalue weighted by Crippen LogP contribution is 2.34. The van der Waals surface area contributed by atoms with Crippen molar-refractivity contribution in [3.63, 3.8) is 0 Å². The number of imidazole rings is 1. The van der Waals surface area contributed by atoms with Gasteiger partial charge < -0.3 is 10.5 Å². The largest absolute Gasteiger partial charge is 0.489 e. The SMILES string of the molecule is Nc1ncnn2c(-c3cccs3)nc(-c3cccc(OCc4ccccc4)c3)c12. The fourth-order valence-electron chi connectivity index (χ4n) is 3.20. The molecule has 0 fully saturated rings. The Balaban J connectivity index is 1.56. The molecule has 0 spiro atoms. The molecule has 29 heavy (non-hydrogen) atoms. The normalized spacial score (nSPS) is 11.0. The molecule has 0 aliphatic heterocycles. The van der Waals surface area contributed by atoms with E-state index in [4.69, 9.17) is 15.5 Å². The third-order valence-corrected chi connectivity index (χ3v) is 5.42. The van der Waals surface area contributed by atoms with Crippen LogP contribution in [0.15, 0.2) is 78.4 Å². The second-order valence-corrected chi connectivity index (χ2v) is 7.42. The Morgan fingerprint density at radius 2 is 1.90 bits per heavy atom. The van der Waals surface area contributed by atoms with Crippen molar-refractivity contribution in [2.24, 2.45) is 0 Å². The van der Waals surface area contributed by atoms with E-state index in [9.17, 15) is 0 Å². The molecule has 5 rings (SSSR count). The zero-order chi connectivity index (χ0) is 19.6. The van der Waals surface area contributed by atoms with E-state index in [0.717, 1.165) is 33.3 Å². The second-order valence-electron chi connectivity index (χ2n) is 6.47. The summed E-state index contributed by atoms with van der Waals surface area (Å²) in [6.07, 6.45) is 1.45. The van der Waals surface area contributed by atoms with E-state index in [1.54, 1.807) is 15.9 Å². The minimum atomic E-state index is 0.390. The average Bonchev–Trinajstić information content (AvgIpc) is 3.42. The van der Waals surface area contributed by atoms with Crippen LogP contribution in [0.2, 0.25) is 0 Å². The molecule has 0 amide bonds. The summed E-state index contributed by atoms with van der Waals surface area (Å²) in [5.74, 6) is 1.90. The smallest absolute Gasteiger partial charge is 0.172 e. The molecule has 3 heterocycles. The van der Waals surface area contributed by atoms with Crippen LogP contribution in [0.4, 0.5) is 5.82 Å². The average molecular weight is 399 g/mol. The maximum absolute atomic E-state index is 6.19. The van der Waals surface area contributed by atoms with Crippen LogP contribution in [0.25, 0.3) is 27.5 Å². The number of ether oxygens (including phenoxy) is 1. The fraction of sp³-hybridized carbons (Fsp3) is 0.0455. The van der Waals surface area contributed by atoms with Gasteiger partial charge in [-0.05, 0) is 29.1 Å². The molecule has 142 valence electrons. The Kier molecular flexibility index (Phi) is 4.42. The third-order valence-electron chi connectivity index (χ3n) is 4.56. The van der Waals surface area contributed by atoms with Crippen molar-refractivity contribution in [1.82, 2.24) is 19.6 Å². The molecular weight excluding hydrogens is 382 g/mol. The summed E-state index contributed by atoms with van der Waals surface area (Å²) in [5.41, 5.74) is 9.63. The van der Waals surface area contributed by atoms with Crippen molar-refractivity contribution in [1.29, 1.82) is 0 Å². The number of nitrogen functional groups attached to an aromatic ring is 1. The number of benzene rings is 2. The van der Waals surface area contributed by atoms with Gasteiger partial charge in [0.1, 0.15) is 29.9 Å². The van der Waals surface area contributed by atoms with Crippen molar-refractivity contribution in [3.8, 4) is 27.7 Å². The monoisotopic (exact) mass is 399 g/mol. The van der Waals surface area contributed by atoms with E-state index in [2.05, 4.69) is 10.1 Å². The van der Waals surface area contributed by atoms with E-state index in [1.807, 2.05) is 72.1 Å². The van der Waals surface area contributed by atoms with Crippen LogP contribution in [0.1, 0.15) is 5.56 Å². The van der Waals surface area contributed by atoms with Gasteiger partial charge in [0.25, 0.3) is 0 Å². The van der Waals surface area contributed by atoms with Crippen LogP contribution in [-0.2, 0) is 6.61 Å². The predicted molar refractivity (Wildman–Crippen MR) is 115 cm³/mol. The standard InChI is InChI=1S/C22H17N5OS/c23-21-20-19(26-22(18-10-5-11-29-18)27(20)25-14-24-21)16-8-4-9-17(12-16)28-13-15-6-2-1-3-7-15/h1-12,14H,13H2,(H2,23,24,25). The first-order valence-electron chi connectivity index (χ1n) is 9.10. The molecule has 0 bridgehead atoms. The number of anilines is 1. The first-order valence-corrected chi connectivity index (χ1v) is 9.98. The van der Waals surface area contributed by atoms with Gasteiger partial charge in [-0.1, -0.05) is 48.5 Å². The quantitative estimate of drug-likeness (QED) is 0.464. The molecule has 0 radical (unpaired) electrons. The van der Waals surface area contributed by atoms with Crippen LogP contribution in [-0.4, -0.2) is 19.6 Å². The highest BCUT2D eigenvalue weighted by Gasteiger charge is 2.19. The van der Waals surface area contributed by atoms with Crippen molar-refractivity contribution in [2.45, 2.75) is 6.61 Å². The number of thiophene rings is 1. The molecular formula is C22H17N5OS. The predicted octanol–water partition coefficient (Wildman–Crippen LogP) is 4.68. The van der Waals surface area contributed by atoms with Crippen LogP contribution in [0, 0.1) is 0 Å². The number of rotatable bonds is 5. The summed E-state index contributed by atoms with van der Waals surface area (Å²) in [7, 11) is 0. The van der Waals surface area contributed by atoms with E-state index >= 15 is 0 Å². The molecule has 0 aliphatic rings. The molecule has 3 aromatic heterocycles. The lowest BCUT2D eigenvalue weighted by molar-refractivity contribution is 0.306. The first-order chi connectivity index (χ1) is 14.3. The lowest BCUT2D eigenvalue weighted by Gasteiger charge is -2.08. The summed E-state index contributed by atoms with van der Waals surface area (Å²) in [6.45, 7) is 0.500. The Bertz CT molecular complexity index is 1270. The number of nitrogens with two attached hydrogens (primary N) is 1. The van der Waals surface area contributed by atoms with Gasteiger partial charge in [-0.15, -0.1) is 11.3 Å². The Labute approximate surface area is 171 Å². The molecule has 0 aliphatic carbocycles. The van der Waals surface area contributed by atoms with E-state index in [0.29, 0.717) is 17.9 Å². The lowest BCUT2D eigenvalue weighted by atomic mass is 10.1. The molecule has 2 aromatic carbocycles. The lowest BCUT2D eigenvalue weighted by Crippen LogP contribution is -2.00. The highest BCUT2D eigenvalue weighted by atomic mass is 32.1. The van der Waals surface area contributed by atoms with E-state index < -0.39 is 0 Å². The molecule has 0 atom stereocenters. The summed E-state index contributed by atoms with van der Waals surface area (Å²) in [4.78, 5) is 10.0. The second kappa shape index (κ2) is 7.37.